The first kappa shape index (κ1) is 39.0. The molecule has 0 aromatic heterocycles. The number of aliphatic carboxylic acids is 1. The van der Waals surface area contributed by atoms with E-state index < -0.39 is 80.6 Å². The highest BCUT2D eigenvalue weighted by Gasteiger charge is 2.51. The zero-order valence-corrected chi connectivity index (χ0v) is 25.9. The van der Waals surface area contributed by atoms with Gasteiger partial charge in [-0.05, 0) is 45.4 Å². The van der Waals surface area contributed by atoms with Crippen LogP contribution < -0.4 is 0 Å². The maximum Gasteiger partial charge on any atom is 0.303 e. The van der Waals surface area contributed by atoms with Gasteiger partial charge in [0.25, 0.3) is 0 Å². The Balaban J connectivity index is 1.68. The van der Waals surface area contributed by atoms with E-state index in [2.05, 4.69) is 12.2 Å². The van der Waals surface area contributed by atoms with Crippen molar-refractivity contribution in [2.45, 2.75) is 164 Å². The lowest BCUT2D eigenvalue weighted by Crippen LogP contribution is -2.64. The van der Waals surface area contributed by atoms with E-state index in [4.69, 9.17) is 24.1 Å². The first-order valence-electron chi connectivity index (χ1n) is 16.2. The second-order valence-electron chi connectivity index (χ2n) is 12.0. The van der Waals surface area contributed by atoms with Crippen molar-refractivity contribution in [1.29, 1.82) is 0 Å². The second kappa shape index (κ2) is 21.5. The molecule has 2 heterocycles. The SMILES string of the molecule is CC(CCCCCC/C=C/CCCCCCCCC(=O)O)OC1OC(CO)C(O)C(O)C1OC1OC(CO)C(O)C(O)C1O. The van der Waals surface area contributed by atoms with E-state index in [0.29, 0.717) is 6.42 Å². The van der Waals surface area contributed by atoms with Gasteiger partial charge in [-0.15, -0.1) is 0 Å². The molecule has 8 N–H and O–H groups in total. The minimum absolute atomic E-state index is 0.264. The van der Waals surface area contributed by atoms with Gasteiger partial charge >= 0.3 is 5.97 Å². The largest absolute Gasteiger partial charge is 0.481 e. The van der Waals surface area contributed by atoms with Crippen LogP contribution in [0, 0.1) is 0 Å². The van der Waals surface area contributed by atoms with Gasteiger partial charge in [-0.3, -0.25) is 4.79 Å². The van der Waals surface area contributed by atoms with Crippen LogP contribution in [-0.2, 0) is 23.7 Å². The summed E-state index contributed by atoms with van der Waals surface area (Å²) in [4.78, 5) is 10.5. The molecule has 13 nitrogen and oxygen atoms in total. The van der Waals surface area contributed by atoms with Crippen LogP contribution in [0.15, 0.2) is 12.2 Å². The van der Waals surface area contributed by atoms with E-state index >= 15 is 0 Å². The first-order chi connectivity index (χ1) is 21.1. The van der Waals surface area contributed by atoms with E-state index in [1.165, 1.54) is 6.42 Å². The second-order valence-corrected chi connectivity index (χ2v) is 12.0. The Morgan fingerprint density at radius 1 is 0.682 bits per heavy atom. The molecule has 0 aliphatic carbocycles. The monoisotopic (exact) mass is 636 g/mol. The Kier molecular flexibility index (Phi) is 19.1. The number of allylic oxidation sites excluding steroid dienone is 2. The van der Waals surface area contributed by atoms with Gasteiger partial charge in [0.1, 0.15) is 48.8 Å². The maximum atomic E-state index is 10.7. The average molecular weight is 637 g/mol. The molecule has 2 saturated heterocycles. The maximum absolute atomic E-state index is 10.7. The van der Waals surface area contributed by atoms with Gasteiger partial charge in [0, 0.05) is 6.42 Å². The van der Waals surface area contributed by atoms with E-state index in [-0.39, 0.29) is 12.5 Å². The summed E-state index contributed by atoms with van der Waals surface area (Å²) in [6.45, 7) is 0.596. The molecule has 13 heteroatoms. The summed E-state index contributed by atoms with van der Waals surface area (Å²) in [5.41, 5.74) is 0. The molecule has 2 rings (SSSR count). The van der Waals surface area contributed by atoms with Gasteiger partial charge in [-0.25, -0.2) is 0 Å². The lowest BCUT2D eigenvalue weighted by molar-refractivity contribution is -0.371. The van der Waals surface area contributed by atoms with Crippen LogP contribution >= 0.6 is 0 Å². The highest BCUT2D eigenvalue weighted by atomic mass is 16.8. The van der Waals surface area contributed by atoms with Crippen molar-refractivity contribution in [2.24, 2.45) is 0 Å². The zero-order chi connectivity index (χ0) is 32.5. The third kappa shape index (κ3) is 13.2. The summed E-state index contributed by atoms with van der Waals surface area (Å²) in [6, 6.07) is 0. The Hall–Kier alpha value is -1.23. The number of ether oxygens (including phenoxy) is 4. The number of aliphatic hydroxyl groups excluding tert-OH is 7. The average Bonchev–Trinajstić information content (AvgIpc) is 3.00. The Morgan fingerprint density at radius 2 is 1.18 bits per heavy atom. The Morgan fingerprint density at radius 3 is 1.75 bits per heavy atom. The Bertz CT molecular complexity index is 797. The molecule has 0 bridgehead atoms. The van der Waals surface area contributed by atoms with Crippen molar-refractivity contribution in [3.63, 3.8) is 0 Å². The number of aliphatic hydroxyl groups is 7. The third-order valence-electron chi connectivity index (χ3n) is 8.24. The smallest absolute Gasteiger partial charge is 0.303 e. The number of unbranched alkanes of at least 4 members (excludes halogenated alkanes) is 10. The van der Waals surface area contributed by atoms with Crippen LogP contribution in [0.2, 0.25) is 0 Å². The molecular formula is C31H56O13. The van der Waals surface area contributed by atoms with Gasteiger partial charge in [0.05, 0.1) is 19.3 Å². The van der Waals surface area contributed by atoms with Gasteiger partial charge in [0.2, 0.25) is 0 Å². The van der Waals surface area contributed by atoms with Crippen LogP contribution in [0.5, 0.6) is 0 Å². The van der Waals surface area contributed by atoms with E-state index in [0.717, 1.165) is 70.6 Å². The fourth-order valence-electron chi connectivity index (χ4n) is 5.47. The highest BCUT2D eigenvalue weighted by Crippen LogP contribution is 2.30. The van der Waals surface area contributed by atoms with Crippen molar-refractivity contribution in [2.75, 3.05) is 13.2 Å². The zero-order valence-electron chi connectivity index (χ0n) is 25.9. The van der Waals surface area contributed by atoms with Gasteiger partial charge < -0.3 is 59.8 Å². The fraction of sp³-hybridized carbons (Fsp3) is 0.903. The molecule has 0 spiro atoms. The topological polar surface area (TPSA) is 216 Å². The molecule has 0 radical (unpaired) electrons. The molecule has 44 heavy (non-hydrogen) atoms. The predicted octanol–water partition coefficient (Wildman–Crippen LogP) is 1.12. The molecule has 0 aromatic rings. The number of rotatable bonds is 22. The van der Waals surface area contributed by atoms with Crippen LogP contribution in [-0.4, -0.2) is 128 Å². The number of carbonyl (C=O) groups is 1. The summed E-state index contributed by atoms with van der Waals surface area (Å²) in [6.07, 6.45) is 2.89. The summed E-state index contributed by atoms with van der Waals surface area (Å²) < 4.78 is 22.8. The van der Waals surface area contributed by atoms with E-state index in [1.807, 2.05) is 6.92 Å². The van der Waals surface area contributed by atoms with E-state index in [1.54, 1.807) is 0 Å². The summed E-state index contributed by atoms with van der Waals surface area (Å²) in [5.74, 6) is -0.719. The molecule has 258 valence electrons. The Labute approximate surface area is 260 Å². The number of carboxylic acids is 1. The van der Waals surface area contributed by atoms with Crippen molar-refractivity contribution >= 4 is 5.97 Å². The molecule has 0 saturated carbocycles. The third-order valence-corrected chi connectivity index (χ3v) is 8.24. The fourth-order valence-corrected chi connectivity index (χ4v) is 5.47. The standard InChI is InChI=1S/C31H56O13/c1-20(16-14-12-10-8-6-4-2-3-5-7-9-11-13-15-17-23(34)35)41-31-29(27(39)25(37)22(19-33)43-31)44-30-28(40)26(38)24(36)21(18-32)42-30/h2,4,20-22,24-33,36-40H,3,5-19H2,1H3,(H,34,35)/b4-2+. The predicted molar refractivity (Wildman–Crippen MR) is 158 cm³/mol. The molecule has 2 fully saturated rings. The van der Waals surface area contributed by atoms with Crippen LogP contribution in [0.25, 0.3) is 0 Å². The molecule has 0 aromatic carbocycles. The summed E-state index contributed by atoms with van der Waals surface area (Å²) >= 11 is 0. The lowest BCUT2D eigenvalue weighted by Gasteiger charge is -2.46. The molecule has 2 aliphatic heterocycles. The first-order valence-corrected chi connectivity index (χ1v) is 16.2. The van der Waals surface area contributed by atoms with Crippen molar-refractivity contribution in [3.05, 3.63) is 12.2 Å². The molecule has 2 aliphatic rings. The number of hydrogen-bond acceptors (Lipinski definition) is 12. The lowest BCUT2D eigenvalue weighted by atomic mass is 9.97. The van der Waals surface area contributed by atoms with Gasteiger partial charge in [-0.1, -0.05) is 57.1 Å². The minimum Gasteiger partial charge on any atom is -0.481 e. The van der Waals surface area contributed by atoms with Crippen molar-refractivity contribution in [1.82, 2.24) is 0 Å². The van der Waals surface area contributed by atoms with Gasteiger partial charge in [0.15, 0.2) is 12.6 Å². The number of carboxylic acid groups (broad SMARTS) is 1. The highest BCUT2D eigenvalue weighted by molar-refractivity contribution is 5.66. The van der Waals surface area contributed by atoms with Crippen LogP contribution in [0.3, 0.4) is 0 Å². The van der Waals surface area contributed by atoms with Crippen molar-refractivity contribution < 1.29 is 64.6 Å². The molecular weight excluding hydrogens is 580 g/mol. The van der Waals surface area contributed by atoms with E-state index in [9.17, 15) is 40.5 Å². The molecule has 0 amide bonds. The summed E-state index contributed by atoms with van der Waals surface area (Å²) in [5, 5.41) is 79.3. The van der Waals surface area contributed by atoms with Gasteiger partial charge in [-0.2, -0.15) is 0 Å². The number of hydrogen-bond donors (Lipinski definition) is 8. The van der Waals surface area contributed by atoms with Crippen LogP contribution in [0.1, 0.15) is 96.8 Å². The molecule has 11 unspecified atom stereocenters. The minimum atomic E-state index is -1.71. The quantitative estimate of drug-likeness (QED) is 0.0618. The normalized spacial score (nSPS) is 33.5. The summed E-state index contributed by atoms with van der Waals surface area (Å²) in [7, 11) is 0. The van der Waals surface area contributed by atoms with Crippen molar-refractivity contribution in [3.8, 4) is 0 Å². The van der Waals surface area contributed by atoms with Crippen LogP contribution in [0.4, 0.5) is 0 Å². The molecule has 11 atom stereocenters.